The quantitative estimate of drug-likeness (QED) is 0.477. The summed E-state index contributed by atoms with van der Waals surface area (Å²) in [6, 6.07) is 6.86. The highest BCUT2D eigenvalue weighted by molar-refractivity contribution is 5.47. The molecule has 1 aromatic heterocycles. The molecule has 7 nitrogen and oxygen atoms in total. The first-order valence-corrected chi connectivity index (χ1v) is 4.50. The van der Waals surface area contributed by atoms with Gasteiger partial charge in [-0.3, -0.25) is 5.41 Å². The van der Waals surface area contributed by atoms with Crippen molar-refractivity contribution in [3.05, 3.63) is 29.9 Å². The molecule has 82 valence electrons. The van der Waals surface area contributed by atoms with Gasteiger partial charge in [0.2, 0.25) is 17.5 Å². The first-order chi connectivity index (χ1) is 7.58. The average molecular weight is 217 g/mol. The number of anilines is 3. The summed E-state index contributed by atoms with van der Waals surface area (Å²) >= 11 is 0. The summed E-state index contributed by atoms with van der Waals surface area (Å²) in [7, 11) is 0. The smallest absolute Gasteiger partial charge is 0.232 e. The minimum absolute atomic E-state index is 0.0193. The number of hydrogen-bond donors (Lipinski definition) is 4. The number of aromatic nitrogens is 3. The molecule has 0 aliphatic carbocycles. The van der Waals surface area contributed by atoms with Gasteiger partial charge in [0.15, 0.2) is 0 Å². The zero-order valence-electron chi connectivity index (χ0n) is 8.38. The Hall–Kier alpha value is -2.57. The van der Waals surface area contributed by atoms with Gasteiger partial charge in [0.05, 0.1) is 5.69 Å². The molecule has 0 bridgehead atoms. The predicted octanol–water partition coefficient (Wildman–Crippen LogP) is -0.507. The molecule has 1 aromatic carbocycles. The summed E-state index contributed by atoms with van der Waals surface area (Å²) in [5, 5.41) is 7.66. The van der Waals surface area contributed by atoms with Crippen molar-refractivity contribution in [1.82, 2.24) is 14.5 Å². The first kappa shape index (κ1) is 9.97. The highest BCUT2D eigenvalue weighted by Crippen LogP contribution is 2.11. The van der Waals surface area contributed by atoms with E-state index in [0.29, 0.717) is 11.4 Å². The van der Waals surface area contributed by atoms with Crippen LogP contribution in [0.25, 0.3) is 5.69 Å². The molecule has 0 spiro atoms. The molecule has 2 rings (SSSR count). The molecule has 0 unspecified atom stereocenters. The second-order valence-corrected chi connectivity index (χ2v) is 3.19. The lowest BCUT2D eigenvalue weighted by atomic mass is 10.3. The number of hydrogen-bond acceptors (Lipinski definition) is 6. The van der Waals surface area contributed by atoms with Crippen molar-refractivity contribution in [1.29, 1.82) is 5.41 Å². The molecular formula is C9H11N7. The number of rotatable bonds is 1. The molecular weight excluding hydrogens is 206 g/mol. The maximum Gasteiger partial charge on any atom is 0.232 e. The number of nitrogens with zero attached hydrogens (tertiary/aromatic N) is 3. The first-order valence-electron chi connectivity index (χ1n) is 4.50. The van der Waals surface area contributed by atoms with Crippen LogP contribution in [0.4, 0.5) is 17.6 Å². The molecule has 1 heterocycles. The summed E-state index contributed by atoms with van der Waals surface area (Å²) < 4.78 is 1.37. The summed E-state index contributed by atoms with van der Waals surface area (Å²) in [6.45, 7) is 0. The van der Waals surface area contributed by atoms with Crippen LogP contribution in [0.5, 0.6) is 0 Å². The zero-order chi connectivity index (χ0) is 11.7. The Kier molecular flexibility index (Phi) is 2.20. The minimum Gasteiger partial charge on any atom is -0.399 e. The second-order valence-electron chi connectivity index (χ2n) is 3.19. The van der Waals surface area contributed by atoms with Crippen molar-refractivity contribution in [3.63, 3.8) is 0 Å². The van der Waals surface area contributed by atoms with Gasteiger partial charge in [0.25, 0.3) is 0 Å². The molecule has 0 saturated carbocycles. The van der Waals surface area contributed by atoms with Crippen LogP contribution in [0, 0.1) is 5.41 Å². The van der Waals surface area contributed by atoms with Crippen LogP contribution >= 0.6 is 0 Å². The predicted molar refractivity (Wildman–Crippen MR) is 60.5 cm³/mol. The van der Waals surface area contributed by atoms with Gasteiger partial charge < -0.3 is 17.2 Å². The third-order valence-corrected chi connectivity index (χ3v) is 2.04. The number of nitrogens with two attached hydrogens (primary N) is 3. The molecule has 0 saturated heterocycles. The highest BCUT2D eigenvalue weighted by Gasteiger charge is 2.05. The molecule has 0 amide bonds. The van der Waals surface area contributed by atoms with E-state index in [1.165, 1.54) is 4.57 Å². The van der Waals surface area contributed by atoms with E-state index in [4.69, 9.17) is 22.6 Å². The fourth-order valence-electron chi connectivity index (χ4n) is 1.34. The van der Waals surface area contributed by atoms with Gasteiger partial charge in [-0.15, -0.1) is 0 Å². The normalized spacial score (nSPS) is 10.2. The standard InChI is InChI=1S/C9H11N7/c10-5-1-3-6(4-2-5)16-8(12)14-7(11)15-9(16)13/h1-4H,10H2,(H5,11,12,13,14,15). The van der Waals surface area contributed by atoms with E-state index < -0.39 is 0 Å². The number of nitrogen functional groups attached to an aromatic ring is 3. The lowest BCUT2D eigenvalue weighted by molar-refractivity contribution is 0.828. The van der Waals surface area contributed by atoms with Crippen molar-refractivity contribution >= 4 is 17.6 Å². The fraction of sp³-hybridized carbons (Fsp3) is 0. The molecule has 0 atom stereocenters. The van der Waals surface area contributed by atoms with Crippen LogP contribution in [0.15, 0.2) is 24.3 Å². The SMILES string of the molecule is N=c1nc(N)nc(N)n1-c1ccc(N)cc1. The van der Waals surface area contributed by atoms with Crippen LogP contribution in [0.3, 0.4) is 0 Å². The maximum absolute atomic E-state index is 7.66. The Balaban J connectivity index is 2.65. The summed E-state index contributed by atoms with van der Waals surface area (Å²) in [5.74, 6) is 0.0940. The van der Waals surface area contributed by atoms with Gasteiger partial charge in [-0.05, 0) is 24.3 Å². The molecule has 0 aliphatic heterocycles. The summed E-state index contributed by atoms with van der Waals surface area (Å²) in [5.41, 5.74) is 17.8. The molecule has 0 radical (unpaired) electrons. The molecule has 16 heavy (non-hydrogen) atoms. The van der Waals surface area contributed by atoms with Gasteiger partial charge in [-0.2, -0.15) is 9.97 Å². The summed E-state index contributed by atoms with van der Waals surface area (Å²) in [4.78, 5) is 7.51. The van der Waals surface area contributed by atoms with Crippen LogP contribution in [-0.4, -0.2) is 14.5 Å². The molecule has 7 heteroatoms. The van der Waals surface area contributed by atoms with E-state index in [9.17, 15) is 0 Å². The lowest BCUT2D eigenvalue weighted by Crippen LogP contribution is -2.26. The van der Waals surface area contributed by atoms with E-state index in [1.54, 1.807) is 24.3 Å². The van der Waals surface area contributed by atoms with Crippen molar-refractivity contribution in [2.75, 3.05) is 17.2 Å². The number of nitrogens with one attached hydrogen (secondary N) is 1. The van der Waals surface area contributed by atoms with Crippen LogP contribution in [0.1, 0.15) is 0 Å². The van der Waals surface area contributed by atoms with Crippen LogP contribution in [-0.2, 0) is 0 Å². The fourth-order valence-corrected chi connectivity index (χ4v) is 1.34. The molecule has 0 fully saturated rings. The van der Waals surface area contributed by atoms with Crippen LogP contribution < -0.4 is 22.8 Å². The Labute approximate surface area is 91.1 Å². The molecule has 2 aromatic rings. The van der Waals surface area contributed by atoms with E-state index >= 15 is 0 Å². The Bertz CT molecular complexity index is 569. The topological polar surface area (TPSA) is 133 Å². The Morgan fingerprint density at radius 2 is 1.62 bits per heavy atom. The van der Waals surface area contributed by atoms with Crippen molar-refractivity contribution in [2.24, 2.45) is 0 Å². The van der Waals surface area contributed by atoms with Crippen LogP contribution in [0.2, 0.25) is 0 Å². The Morgan fingerprint density at radius 3 is 2.19 bits per heavy atom. The third kappa shape index (κ3) is 1.65. The molecule has 7 N–H and O–H groups in total. The highest BCUT2D eigenvalue weighted by atomic mass is 15.2. The second kappa shape index (κ2) is 3.54. The maximum atomic E-state index is 7.66. The number of benzene rings is 1. The largest absolute Gasteiger partial charge is 0.399 e. The van der Waals surface area contributed by atoms with Crippen molar-refractivity contribution in [3.8, 4) is 5.69 Å². The van der Waals surface area contributed by atoms with Gasteiger partial charge in [0.1, 0.15) is 0 Å². The monoisotopic (exact) mass is 217 g/mol. The zero-order valence-corrected chi connectivity index (χ0v) is 8.38. The van der Waals surface area contributed by atoms with Gasteiger partial charge in [0, 0.05) is 5.69 Å². The van der Waals surface area contributed by atoms with Gasteiger partial charge >= 0.3 is 0 Å². The lowest BCUT2D eigenvalue weighted by Gasteiger charge is -2.09. The van der Waals surface area contributed by atoms with Gasteiger partial charge in [-0.25, -0.2) is 4.57 Å². The van der Waals surface area contributed by atoms with E-state index in [2.05, 4.69) is 9.97 Å². The minimum atomic E-state index is -0.0743. The van der Waals surface area contributed by atoms with Gasteiger partial charge in [-0.1, -0.05) is 0 Å². The third-order valence-electron chi connectivity index (χ3n) is 2.04. The molecule has 0 aliphatic rings. The summed E-state index contributed by atoms with van der Waals surface area (Å²) in [6.07, 6.45) is 0. The van der Waals surface area contributed by atoms with Crippen molar-refractivity contribution < 1.29 is 0 Å². The van der Waals surface area contributed by atoms with E-state index in [0.717, 1.165) is 0 Å². The average Bonchev–Trinajstić information content (AvgIpc) is 2.19. The Morgan fingerprint density at radius 1 is 1.00 bits per heavy atom. The van der Waals surface area contributed by atoms with Crippen molar-refractivity contribution in [2.45, 2.75) is 0 Å². The van der Waals surface area contributed by atoms with E-state index in [-0.39, 0.29) is 17.5 Å². The van der Waals surface area contributed by atoms with E-state index in [1.807, 2.05) is 0 Å².